The summed E-state index contributed by atoms with van der Waals surface area (Å²) in [5.74, 6) is -1.33. The molecule has 0 aliphatic carbocycles. The molecule has 1 aliphatic heterocycles. The minimum Gasteiger partial charge on any atom is -0.395 e. The van der Waals surface area contributed by atoms with Gasteiger partial charge >= 0.3 is 5.88 Å². The maximum Gasteiger partial charge on any atom is 0.433 e. The molecule has 2 heterocycles. The number of anilines is 1. The number of carbonyl (C=O) groups is 2. The van der Waals surface area contributed by atoms with Crippen molar-refractivity contribution in [3.63, 3.8) is 0 Å². The van der Waals surface area contributed by atoms with Gasteiger partial charge in [-0.2, -0.15) is 0 Å². The highest BCUT2D eigenvalue weighted by atomic mass is 16.6. The van der Waals surface area contributed by atoms with Gasteiger partial charge in [-0.15, -0.1) is 0 Å². The SMILES string of the molecule is CCN(C(=O)C1CN(C(=O)c2ccc([N+](=O)[O-])o2)C1)c1cccc(C)c1. The maximum absolute atomic E-state index is 12.7. The minimum absolute atomic E-state index is 0.0347. The van der Waals surface area contributed by atoms with Crippen molar-refractivity contribution in [3.05, 3.63) is 57.8 Å². The van der Waals surface area contributed by atoms with E-state index >= 15 is 0 Å². The van der Waals surface area contributed by atoms with Crippen molar-refractivity contribution in [2.75, 3.05) is 24.5 Å². The van der Waals surface area contributed by atoms with Gasteiger partial charge in [0.15, 0.2) is 5.76 Å². The molecule has 0 N–H and O–H groups in total. The molecule has 2 amide bonds. The average molecular weight is 357 g/mol. The standard InChI is InChI=1S/C18H19N3O5/c1-3-20(14-6-4-5-12(2)9-14)17(22)13-10-19(11-13)18(23)15-7-8-16(26-15)21(24)25/h4-9,13H,3,10-11H2,1-2H3. The van der Waals surface area contributed by atoms with Crippen molar-refractivity contribution in [3.8, 4) is 0 Å². The van der Waals surface area contributed by atoms with Crippen LogP contribution in [0.25, 0.3) is 0 Å². The number of hydrogen-bond acceptors (Lipinski definition) is 5. The minimum atomic E-state index is -0.694. The van der Waals surface area contributed by atoms with Gasteiger partial charge in [-0.1, -0.05) is 12.1 Å². The summed E-state index contributed by atoms with van der Waals surface area (Å²) in [5.41, 5.74) is 1.91. The molecule has 0 saturated carbocycles. The molecule has 1 fully saturated rings. The number of amides is 2. The van der Waals surface area contributed by atoms with E-state index in [1.54, 1.807) is 4.90 Å². The van der Waals surface area contributed by atoms with E-state index in [0.29, 0.717) is 6.54 Å². The molecule has 2 aromatic rings. The zero-order valence-electron chi connectivity index (χ0n) is 14.5. The Morgan fingerprint density at radius 2 is 2.04 bits per heavy atom. The van der Waals surface area contributed by atoms with E-state index in [0.717, 1.165) is 17.3 Å². The number of aryl methyl sites for hydroxylation is 1. The first-order valence-electron chi connectivity index (χ1n) is 8.32. The van der Waals surface area contributed by atoms with Crippen LogP contribution in [-0.2, 0) is 4.79 Å². The molecule has 0 spiro atoms. The van der Waals surface area contributed by atoms with Gasteiger partial charge < -0.3 is 14.2 Å². The molecule has 8 heteroatoms. The van der Waals surface area contributed by atoms with Crippen LogP contribution < -0.4 is 4.90 Å². The van der Waals surface area contributed by atoms with E-state index in [4.69, 9.17) is 4.42 Å². The number of carbonyl (C=O) groups excluding carboxylic acids is 2. The van der Waals surface area contributed by atoms with Gasteiger partial charge in [0.25, 0.3) is 5.91 Å². The molecule has 1 aromatic carbocycles. The van der Waals surface area contributed by atoms with Gasteiger partial charge in [0, 0.05) is 25.3 Å². The number of benzene rings is 1. The van der Waals surface area contributed by atoms with Gasteiger partial charge in [-0.3, -0.25) is 19.7 Å². The Morgan fingerprint density at radius 3 is 2.62 bits per heavy atom. The summed E-state index contributed by atoms with van der Waals surface area (Å²) < 4.78 is 4.92. The van der Waals surface area contributed by atoms with Gasteiger partial charge in [-0.05, 0) is 37.6 Å². The number of likely N-dealkylation sites (tertiary alicyclic amines) is 1. The van der Waals surface area contributed by atoms with Crippen molar-refractivity contribution < 1.29 is 18.9 Å². The van der Waals surface area contributed by atoms with E-state index in [1.807, 2.05) is 38.1 Å². The first-order valence-corrected chi connectivity index (χ1v) is 8.32. The normalized spacial score (nSPS) is 14.0. The summed E-state index contributed by atoms with van der Waals surface area (Å²) in [6, 6.07) is 10.1. The highest BCUT2D eigenvalue weighted by Gasteiger charge is 2.39. The predicted octanol–water partition coefficient (Wildman–Crippen LogP) is 2.62. The number of rotatable bonds is 5. The van der Waals surface area contributed by atoms with Gasteiger partial charge in [0.05, 0.1) is 12.0 Å². The third-order valence-electron chi connectivity index (χ3n) is 4.40. The van der Waals surface area contributed by atoms with Crippen LogP contribution in [0.5, 0.6) is 0 Å². The number of hydrogen-bond donors (Lipinski definition) is 0. The lowest BCUT2D eigenvalue weighted by Gasteiger charge is -2.40. The first-order chi connectivity index (χ1) is 12.4. The largest absolute Gasteiger partial charge is 0.433 e. The quantitative estimate of drug-likeness (QED) is 0.605. The molecule has 136 valence electrons. The topological polar surface area (TPSA) is 96.9 Å². The monoisotopic (exact) mass is 357 g/mol. The Morgan fingerprint density at radius 1 is 1.31 bits per heavy atom. The lowest BCUT2D eigenvalue weighted by molar-refractivity contribution is -0.402. The second-order valence-corrected chi connectivity index (χ2v) is 6.22. The van der Waals surface area contributed by atoms with E-state index < -0.39 is 16.7 Å². The average Bonchev–Trinajstić information content (AvgIpc) is 3.04. The van der Waals surface area contributed by atoms with Crippen LogP contribution in [0.3, 0.4) is 0 Å². The fourth-order valence-electron chi connectivity index (χ4n) is 2.98. The third-order valence-corrected chi connectivity index (χ3v) is 4.40. The predicted molar refractivity (Wildman–Crippen MR) is 94.0 cm³/mol. The van der Waals surface area contributed by atoms with Crippen molar-refractivity contribution >= 4 is 23.4 Å². The molecular weight excluding hydrogens is 338 g/mol. The van der Waals surface area contributed by atoms with Crippen molar-refractivity contribution in [1.82, 2.24) is 4.90 Å². The summed E-state index contributed by atoms with van der Waals surface area (Å²) in [4.78, 5) is 38.1. The molecule has 0 unspecified atom stereocenters. The zero-order chi connectivity index (χ0) is 18.8. The van der Waals surface area contributed by atoms with Crippen LogP contribution in [-0.4, -0.2) is 41.3 Å². The highest BCUT2D eigenvalue weighted by molar-refractivity contribution is 5.98. The van der Waals surface area contributed by atoms with E-state index in [9.17, 15) is 19.7 Å². The first kappa shape index (κ1) is 17.7. The molecular formula is C18H19N3O5. The van der Waals surface area contributed by atoms with Crippen LogP contribution in [0.15, 0.2) is 40.8 Å². The lowest BCUT2D eigenvalue weighted by Crippen LogP contribution is -2.56. The Kier molecular flexibility index (Phi) is 4.75. The molecule has 0 atom stereocenters. The van der Waals surface area contributed by atoms with Crippen molar-refractivity contribution in [1.29, 1.82) is 0 Å². The molecule has 0 bridgehead atoms. The van der Waals surface area contributed by atoms with Crippen molar-refractivity contribution in [2.45, 2.75) is 13.8 Å². The van der Waals surface area contributed by atoms with Gasteiger partial charge in [-0.25, -0.2) is 0 Å². The van der Waals surface area contributed by atoms with Crippen LogP contribution >= 0.6 is 0 Å². The molecule has 0 radical (unpaired) electrons. The molecule has 1 aliphatic rings. The Bertz CT molecular complexity index is 854. The van der Waals surface area contributed by atoms with E-state index in [-0.39, 0.29) is 30.7 Å². The number of nitrogens with zero attached hydrogens (tertiary/aromatic N) is 3. The molecule has 26 heavy (non-hydrogen) atoms. The molecule has 1 aromatic heterocycles. The highest BCUT2D eigenvalue weighted by Crippen LogP contribution is 2.26. The summed E-state index contributed by atoms with van der Waals surface area (Å²) in [5, 5.41) is 10.6. The third kappa shape index (κ3) is 3.30. The number of furan rings is 1. The maximum atomic E-state index is 12.7. The van der Waals surface area contributed by atoms with Gasteiger partial charge in [0.2, 0.25) is 5.91 Å². The fourth-order valence-corrected chi connectivity index (χ4v) is 2.98. The fraction of sp³-hybridized carbons (Fsp3) is 0.333. The van der Waals surface area contributed by atoms with Crippen LogP contribution in [0.4, 0.5) is 11.6 Å². The van der Waals surface area contributed by atoms with Gasteiger partial charge in [0.1, 0.15) is 4.92 Å². The van der Waals surface area contributed by atoms with Crippen LogP contribution in [0, 0.1) is 23.0 Å². The Hall–Kier alpha value is -3.16. The number of nitro groups is 1. The summed E-state index contributed by atoms with van der Waals surface area (Å²) in [6.45, 7) is 4.96. The molecule has 8 nitrogen and oxygen atoms in total. The van der Waals surface area contributed by atoms with Crippen LogP contribution in [0.1, 0.15) is 23.0 Å². The summed E-state index contributed by atoms with van der Waals surface area (Å²) in [7, 11) is 0. The lowest BCUT2D eigenvalue weighted by atomic mass is 9.97. The van der Waals surface area contributed by atoms with Crippen LogP contribution in [0.2, 0.25) is 0 Å². The zero-order valence-corrected chi connectivity index (χ0v) is 14.5. The Balaban J connectivity index is 1.63. The second-order valence-electron chi connectivity index (χ2n) is 6.22. The smallest absolute Gasteiger partial charge is 0.395 e. The van der Waals surface area contributed by atoms with Crippen molar-refractivity contribution in [2.24, 2.45) is 5.92 Å². The Labute approximate surface area is 150 Å². The second kappa shape index (κ2) is 6.99. The molecule has 3 rings (SSSR count). The van der Waals surface area contributed by atoms with E-state index in [2.05, 4.69) is 0 Å². The van der Waals surface area contributed by atoms with E-state index in [1.165, 1.54) is 11.0 Å². The summed E-state index contributed by atoms with van der Waals surface area (Å²) >= 11 is 0. The summed E-state index contributed by atoms with van der Waals surface area (Å²) in [6.07, 6.45) is 0. The molecule has 1 saturated heterocycles.